The van der Waals surface area contributed by atoms with Crippen molar-refractivity contribution in [1.82, 2.24) is 0 Å². The second-order valence-corrected chi connectivity index (χ2v) is 3.55. The van der Waals surface area contributed by atoms with E-state index in [9.17, 15) is 20.2 Å². The average molecular weight is 222 g/mol. The van der Waals surface area contributed by atoms with Gasteiger partial charge in [0.25, 0.3) is 10.2 Å². The van der Waals surface area contributed by atoms with Crippen LogP contribution < -0.4 is 0 Å². The third-order valence-electron chi connectivity index (χ3n) is 1.89. The summed E-state index contributed by atoms with van der Waals surface area (Å²) in [6, 6.07) is 0. The summed E-state index contributed by atoms with van der Waals surface area (Å²) in [5.41, 5.74) is -0.713. The van der Waals surface area contributed by atoms with Gasteiger partial charge >= 0.3 is 0 Å². The van der Waals surface area contributed by atoms with Crippen molar-refractivity contribution >= 4 is 0 Å². The van der Waals surface area contributed by atoms with E-state index in [0.717, 1.165) is 6.42 Å². The summed E-state index contributed by atoms with van der Waals surface area (Å²) in [7, 11) is 0. The molecule has 8 nitrogen and oxygen atoms in total. The molecule has 0 amide bonds. The lowest BCUT2D eigenvalue weighted by Crippen LogP contribution is -2.31. The van der Waals surface area contributed by atoms with Crippen LogP contribution in [0.1, 0.15) is 26.7 Å². The van der Waals surface area contributed by atoms with Gasteiger partial charge in [-0.05, 0) is 6.42 Å². The summed E-state index contributed by atoms with van der Waals surface area (Å²) in [5.74, 6) is 0. The second-order valence-electron chi connectivity index (χ2n) is 3.55. The molecule has 0 aliphatic heterocycles. The van der Waals surface area contributed by atoms with E-state index >= 15 is 0 Å². The van der Waals surface area contributed by atoms with Gasteiger partial charge in [-0.15, -0.1) is 20.2 Å². The van der Waals surface area contributed by atoms with E-state index in [1.54, 1.807) is 6.92 Å². The van der Waals surface area contributed by atoms with Gasteiger partial charge in [0.2, 0.25) is 0 Å². The quantitative estimate of drug-likeness (QED) is 0.451. The minimum atomic E-state index is -0.917. The van der Waals surface area contributed by atoms with Crippen molar-refractivity contribution in [2.75, 3.05) is 13.2 Å². The topological polar surface area (TPSA) is 105 Å². The van der Waals surface area contributed by atoms with E-state index in [-0.39, 0.29) is 13.2 Å². The van der Waals surface area contributed by atoms with E-state index in [2.05, 4.69) is 9.68 Å². The lowest BCUT2D eigenvalue weighted by atomic mass is 9.88. The Morgan fingerprint density at radius 2 is 1.53 bits per heavy atom. The zero-order valence-corrected chi connectivity index (χ0v) is 8.67. The van der Waals surface area contributed by atoms with Crippen LogP contribution in [0.3, 0.4) is 0 Å². The monoisotopic (exact) mass is 222 g/mol. The third kappa shape index (κ3) is 6.47. The van der Waals surface area contributed by atoms with Crippen molar-refractivity contribution in [3.8, 4) is 0 Å². The average Bonchev–Trinajstić information content (AvgIpc) is 2.13. The third-order valence-corrected chi connectivity index (χ3v) is 1.89. The molecule has 0 atom stereocenters. The molecule has 0 heterocycles. The fourth-order valence-corrected chi connectivity index (χ4v) is 1.21. The molecule has 0 saturated heterocycles. The first-order chi connectivity index (χ1) is 6.89. The van der Waals surface area contributed by atoms with Crippen molar-refractivity contribution in [1.29, 1.82) is 0 Å². The molecule has 0 aromatic rings. The fraction of sp³-hybridized carbons (Fsp3) is 1.00. The molecule has 0 spiro atoms. The molecule has 0 saturated carbocycles. The van der Waals surface area contributed by atoms with Gasteiger partial charge in [-0.3, -0.25) is 0 Å². The molecule has 0 bridgehead atoms. The molecular weight excluding hydrogens is 208 g/mol. The van der Waals surface area contributed by atoms with Crippen LogP contribution in [0.5, 0.6) is 0 Å². The predicted octanol–water partition coefficient (Wildman–Crippen LogP) is 1.21. The molecule has 0 aromatic heterocycles. The highest BCUT2D eigenvalue weighted by Gasteiger charge is 2.26. The highest BCUT2D eigenvalue weighted by Crippen LogP contribution is 2.24. The van der Waals surface area contributed by atoms with Crippen LogP contribution >= 0.6 is 0 Å². The van der Waals surface area contributed by atoms with Gasteiger partial charge < -0.3 is 9.68 Å². The normalized spacial score (nSPS) is 10.8. The van der Waals surface area contributed by atoms with E-state index in [4.69, 9.17) is 0 Å². The predicted molar refractivity (Wildman–Crippen MR) is 48.9 cm³/mol. The first-order valence-corrected chi connectivity index (χ1v) is 4.44. The molecule has 15 heavy (non-hydrogen) atoms. The molecule has 0 aliphatic carbocycles. The van der Waals surface area contributed by atoms with E-state index in [1.807, 2.05) is 6.92 Å². The van der Waals surface area contributed by atoms with Crippen LogP contribution in [0, 0.1) is 25.6 Å². The summed E-state index contributed by atoms with van der Waals surface area (Å²) >= 11 is 0. The van der Waals surface area contributed by atoms with Gasteiger partial charge in [-0.1, -0.05) is 20.3 Å². The summed E-state index contributed by atoms with van der Waals surface area (Å²) in [6.07, 6.45) is 1.29. The van der Waals surface area contributed by atoms with Crippen molar-refractivity contribution in [3.05, 3.63) is 20.2 Å². The summed E-state index contributed by atoms with van der Waals surface area (Å²) in [4.78, 5) is 28.4. The maximum absolute atomic E-state index is 10.00. The van der Waals surface area contributed by atoms with Gasteiger partial charge in [0.05, 0.1) is 0 Å². The molecule has 0 N–H and O–H groups in total. The maximum atomic E-state index is 10.00. The highest BCUT2D eigenvalue weighted by molar-refractivity contribution is 4.71. The Bertz CT molecular complexity index is 214. The zero-order valence-electron chi connectivity index (χ0n) is 8.67. The van der Waals surface area contributed by atoms with Gasteiger partial charge in [0.15, 0.2) is 0 Å². The SMILES string of the molecule is CCCC(C)(CO[N+](=O)[O-])CO[N+](=O)[O-]. The van der Waals surface area contributed by atoms with Crippen LogP contribution in [0.4, 0.5) is 0 Å². The van der Waals surface area contributed by atoms with Crippen LogP contribution in [0.25, 0.3) is 0 Å². The van der Waals surface area contributed by atoms with Crippen LogP contribution in [-0.4, -0.2) is 23.4 Å². The minimum Gasteiger partial charge on any atom is -0.313 e. The summed E-state index contributed by atoms with van der Waals surface area (Å²) in [6.45, 7) is 3.10. The lowest BCUT2D eigenvalue weighted by Gasteiger charge is -2.26. The molecule has 0 unspecified atom stereocenters. The Hall–Kier alpha value is -1.60. The number of rotatable bonds is 8. The highest BCUT2D eigenvalue weighted by atomic mass is 17.0. The Kier molecular flexibility index (Phi) is 5.35. The molecule has 8 heteroatoms. The Labute approximate surface area is 86.4 Å². The van der Waals surface area contributed by atoms with Crippen LogP contribution in [-0.2, 0) is 9.68 Å². The van der Waals surface area contributed by atoms with E-state index < -0.39 is 15.6 Å². The Balaban J connectivity index is 4.17. The minimum absolute atomic E-state index is 0.207. The largest absolute Gasteiger partial charge is 0.313 e. The first-order valence-electron chi connectivity index (χ1n) is 4.44. The van der Waals surface area contributed by atoms with Gasteiger partial charge in [0, 0.05) is 5.41 Å². The lowest BCUT2D eigenvalue weighted by molar-refractivity contribution is -0.771. The van der Waals surface area contributed by atoms with Gasteiger partial charge in [-0.2, -0.15) is 0 Å². The number of nitrogens with zero attached hydrogens (tertiary/aromatic N) is 2. The second kappa shape index (κ2) is 5.99. The molecule has 0 aliphatic rings. The maximum Gasteiger partial charge on any atom is 0.294 e. The van der Waals surface area contributed by atoms with E-state index in [0.29, 0.717) is 6.42 Å². The fourth-order valence-electron chi connectivity index (χ4n) is 1.21. The molecule has 88 valence electrons. The Morgan fingerprint density at radius 3 is 1.80 bits per heavy atom. The smallest absolute Gasteiger partial charge is 0.294 e. The van der Waals surface area contributed by atoms with Crippen molar-refractivity contribution in [3.63, 3.8) is 0 Å². The van der Waals surface area contributed by atoms with Crippen LogP contribution in [0.15, 0.2) is 0 Å². The van der Waals surface area contributed by atoms with Crippen molar-refractivity contribution in [2.24, 2.45) is 5.41 Å². The van der Waals surface area contributed by atoms with Gasteiger partial charge in [-0.25, -0.2) is 0 Å². The standard InChI is InChI=1S/C7H14N2O6/c1-3-4-7(2,5-14-8(10)11)6-15-9(12)13/h3-6H2,1-2H3. The summed E-state index contributed by atoms with van der Waals surface area (Å²) < 4.78 is 0. The molecule has 0 aromatic carbocycles. The van der Waals surface area contributed by atoms with Crippen LogP contribution in [0.2, 0.25) is 0 Å². The number of hydrogen-bond donors (Lipinski definition) is 0. The van der Waals surface area contributed by atoms with E-state index in [1.165, 1.54) is 0 Å². The Morgan fingerprint density at radius 1 is 1.13 bits per heavy atom. The number of hydrogen-bond acceptors (Lipinski definition) is 6. The molecular formula is C7H14N2O6. The zero-order chi connectivity index (χ0) is 11.9. The van der Waals surface area contributed by atoms with Crippen molar-refractivity contribution in [2.45, 2.75) is 26.7 Å². The van der Waals surface area contributed by atoms with Crippen molar-refractivity contribution < 1.29 is 19.8 Å². The molecule has 0 radical (unpaired) electrons. The molecule has 0 rings (SSSR count). The van der Waals surface area contributed by atoms with Gasteiger partial charge in [0.1, 0.15) is 13.2 Å². The molecule has 0 fully saturated rings. The first kappa shape index (κ1) is 13.4. The summed E-state index contributed by atoms with van der Waals surface area (Å²) in [5, 5.41) is 18.2.